The van der Waals surface area contributed by atoms with E-state index in [2.05, 4.69) is 9.72 Å². The third kappa shape index (κ3) is 4.10. The fraction of sp³-hybridized carbons (Fsp3) is 0.333. The van der Waals surface area contributed by atoms with Crippen molar-refractivity contribution < 1.29 is 22.7 Å². The van der Waals surface area contributed by atoms with Crippen molar-refractivity contribution in [3.63, 3.8) is 0 Å². The molecule has 8 heteroatoms. The molecular weight excluding hydrogens is 311 g/mol. The van der Waals surface area contributed by atoms with Gasteiger partial charge in [-0.25, -0.2) is 14.2 Å². The van der Waals surface area contributed by atoms with Gasteiger partial charge in [0.2, 0.25) is 0 Å². The standard InChI is InChI=1S/C15H16F3N3O2/c1-20(9-13-19-5-6-21(13)15(17)18)8-10-3-4-12(16)11(7-10)14(22)23-2/h3-7,15H,8-9H2,1-2H3. The second kappa shape index (κ2) is 7.28. The highest BCUT2D eigenvalue weighted by molar-refractivity contribution is 5.89. The van der Waals surface area contributed by atoms with Gasteiger partial charge in [-0.1, -0.05) is 6.07 Å². The molecule has 0 unspecified atom stereocenters. The van der Waals surface area contributed by atoms with Crippen LogP contribution in [-0.2, 0) is 17.8 Å². The van der Waals surface area contributed by atoms with Crippen molar-refractivity contribution in [2.45, 2.75) is 19.6 Å². The molecule has 0 saturated heterocycles. The summed E-state index contributed by atoms with van der Waals surface area (Å²) in [6.45, 7) is -2.14. The number of rotatable bonds is 6. The molecule has 0 fully saturated rings. The molecule has 2 rings (SSSR count). The van der Waals surface area contributed by atoms with E-state index in [0.29, 0.717) is 12.1 Å². The lowest BCUT2D eigenvalue weighted by Crippen LogP contribution is -2.20. The van der Waals surface area contributed by atoms with Gasteiger partial charge in [0.15, 0.2) is 0 Å². The van der Waals surface area contributed by atoms with Crippen molar-refractivity contribution in [1.29, 1.82) is 0 Å². The number of aromatic nitrogens is 2. The van der Waals surface area contributed by atoms with Crippen molar-refractivity contribution >= 4 is 5.97 Å². The molecule has 1 aromatic carbocycles. The van der Waals surface area contributed by atoms with Crippen molar-refractivity contribution in [2.75, 3.05) is 14.2 Å². The first-order valence-corrected chi connectivity index (χ1v) is 6.77. The highest BCUT2D eigenvalue weighted by Gasteiger charge is 2.15. The van der Waals surface area contributed by atoms with Crippen molar-refractivity contribution in [2.24, 2.45) is 0 Å². The van der Waals surface area contributed by atoms with E-state index < -0.39 is 18.3 Å². The monoisotopic (exact) mass is 327 g/mol. The van der Waals surface area contributed by atoms with Crippen LogP contribution in [0.15, 0.2) is 30.6 Å². The Morgan fingerprint density at radius 2 is 2.13 bits per heavy atom. The Hall–Kier alpha value is -2.35. The molecule has 0 atom stereocenters. The molecule has 0 aliphatic rings. The molecule has 124 valence electrons. The second-order valence-electron chi connectivity index (χ2n) is 5.01. The zero-order valence-electron chi connectivity index (χ0n) is 12.7. The molecule has 23 heavy (non-hydrogen) atoms. The van der Waals surface area contributed by atoms with E-state index in [9.17, 15) is 18.0 Å². The van der Waals surface area contributed by atoms with Crippen LogP contribution in [0.5, 0.6) is 0 Å². The number of carbonyl (C=O) groups excluding carboxylic acids is 1. The Morgan fingerprint density at radius 1 is 1.39 bits per heavy atom. The topological polar surface area (TPSA) is 47.4 Å². The lowest BCUT2D eigenvalue weighted by Gasteiger charge is -2.17. The normalized spacial score (nSPS) is 11.3. The summed E-state index contributed by atoms with van der Waals surface area (Å²) in [4.78, 5) is 17.1. The van der Waals surface area contributed by atoms with Crippen molar-refractivity contribution in [3.8, 4) is 0 Å². The third-order valence-electron chi connectivity index (χ3n) is 3.26. The predicted molar refractivity (Wildman–Crippen MR) is 76.4 cm³/mol. The van der Waals surface area contributed by atoms with Gasteiger partial charge in [0, 0.05) is 18.9 Å². The summed E-state index contributed by atoms with van der Waals surface area (Å²) in [5, 5.41) is 0. The summed E-state index contributed by atoms with van der Waals surface area (Å²) in [7, 11) is 2.89. The van der Waals surface area contributed by atoms with Gasteiger partial charge in [-0.2, -0.15) is 8.78 Å². The van der Waals surface area contributed by atoms with E-state index in [4.69, 9.17) is 0 Å². The Kier molecular flexibility index (Phi) is 5.38. The Morgan fingerprint density at radius 3 is 2.78 bits per heavy atom. The number of ether oxygens (including phenoxy) is 1. The number of imidazole rings is 1. The minimum Gasteiger partial charge on any atom is -0.465 e. The van der Waals surface area contributed by atoms with Gasteiger partial charge < -0.3 is 4.74 Å². The number of benzene rings is 1. The van der Waals surface area contributed by atoms with E-state index in [1.807, 2.05) is 0 Å². The number of alkyl halides is 2. The van der Waals surface area contributed by atoms with Crippen LogP contribution in [-0.4, -0.2) is 34.6 Å². The lowest BCUT2D eigenvalue weighted by molar-refractivity contribution is 0.0593. The summed E-state index contributed by atoms with van der Waals surface area (Å²) in [6, 6.07) is 4.09. The number of carbonyl (C=O) groups is 1. The first-order chi connectivity index (χ1) is 10.9. The molecule has 0 saturated carbocycles. The Labute approximate surface area is 131 Å². The van der Waals surface area contributed by atoms with Crippen LogP contribution in [0, 0.1) is 5.82 Å². The molecule has 0 bridgehead atoms. The highest BCUT2D eigenvalue weighted by atomic mass is 19.3. The van der Waals surface area contributed by atoms with E-state index in [1.54, 1.807) is 11.9 Å². The molecule has 2 aromatic rings. The van der Waals surface area contributed by atoms with Gasteiger partial charge in [-0.15, -0.1) is 0 Å². The molecule has 0 N–H and O–H groups in total. The number of nitrogens with zero attached hydrogens (tertiary/aromatic N) is 3. The molecule has 5 nitrogen and oxygen atoms in total. The highest BCUT2D eigenvalue weighted by Crippen LogP contribution is 2.16. The molecule has 0 amide bonds. The SMILES string of the molecule is COC(=O)c1cc(CN(C)Cc2nccn2C(F)F)ccc1F. The number of methoxy groups -OCH3 is 1. The fourth-order valence-corrected chi connectivity index (χ4v) is 2.19. The van der Waals surface area contributed by atoms with Gasteiger partial charge >= 0.3 is 12.5 Å². The molecule has 0 aliphatic carbocycles. The van der Waals surface area contributed by atoms with Gasteiger partial charge in [-0.05, 0) is 24.7 Å². The van der Waals surface area contributed by atoms with Gasteiger partial charge in [0.05, 0.1) is 19.2 Å². The first kappa shape index (κ1) is 17.0. The van der Waals surface area contributed by atoms with Crippen LogP contribution in [0.3, 0.4) is 0 Å². The average molecular weight is 327 g/mol. The summed E-state index contributed by atoms with van der Waals surface area (Å²) in [5.74, 6) is -1.21. The summed E-state index contributed by atoms with van der Waals surface area (Å²) in [6.07, 6.45) is 2.52. The van der Waals surface area contributed by atoms with E-state index in [1.165, 1.54) is 37.7 Å². The maximum atomic E-state index is 13.6. The Bertz CT molecular complexity index is 688. The fourth-order valence-electron chi connectivity index (χ4n) is 2.19. The minimum absolute atomic E-state index is 0.160. The molecular formula is C15H16F3N3O2. The predicted octanol–water partition coefficient (Wildman–Crippen LogP) is 2.84. The van der Waals surface area contributed by atoms with Gasteiger partial charge in [0.25, 0.3) is 0 Å². The van der Waals surface area contributed by atoms with Crippen LogP contribution < -0.4 is 0 Å². The van der Waals surface area contributed by atoms with Crippen molar-refractivity contribution in [1.82, 2.24) is 14.5 Å². The first-order valence-electron chi connectivity index (χ1n) is 6.77. The second-order valence-corrected chi connectivity index (χ2v) is 5.01. The largest absolute Gasteiger partial charge is 0.465 e. The van der Waals surface area contributed by atoms with Crippen LogP contribution in [0.4, 0.5) is 13.2 Å². The van der Waals surface area contributed by atoms with E-state index in [0.717, 1.165) is 4.57 Å². The van der Waals surface area contributed by atoms with Crippen LogP contribution in [0.1, 0.15) is 28.3 Å². The molecule has 0 radical (unpaired) electrons. The number of hydrogen-bond acceptors (Lipinski definition) is 4. The lowest BCUT2D eigenvalue weighted by atomic mass is 10.1. The van der Waals surface area contributed by atoms with Crippen molar-refractivity contribution in [3.05, 3.63) is 53.4 Å². The molecule has 1 heterocycles. The average Bonchev–Trinajstić information content (AvgIpc) is 2.96. The zero-order chi connectivity index (χ0) is 17.0. The van der Waals surface area contributed by atoms with Gasteiger partial charge in [0.1, 0.15) is 11.6 Å². The van der Waals surface area contributed by atoms with Gasteiger partial charge in [-0.3, -0.25) is 9.47 Å². The number of halogens is 3. The molecule has 0 aliphatic heterocycles. The Balaban J connectivity index is 2.09. The minimum atomic E-state index is -2.65. The van der Waals surface area contributed by atoms with E-state index in [-0.39, 0.29) is 17.9 Å². The number of esters is 1. The maximum absolute atomic E-state index is 13.6. The van der Waals surface area contributed by atoms with E-state index >= 15 is 0 Å². The summed E-state index contributed by atoms with van der Waals surface area (Å²) in [5.41, 5.74) is 0.497. The quantitative estimate of drug-likeness (QED) is 0.766. The molecule has 1 aromatic heterocycles. The smallest absolute Gasteiger partial charge is 0.340 e. The summed E-state index contributed by atoms with van der Waals surface area (Å²) < 4.78 is 44.4. The van der Waals surface area contributed by atoms with Crippen LogP contribution in [0.25, 0.3) is 0 Å². The third-order valence-corrected chi connectivity index (χ3v) is 3.26. The van der Waals surface area contributed by atoms with Crippen LogP contribution >= 0.6 is 0 Å². The van der Waals surface area contributed by atoms with Crippen LogP contribution in [0.2, 0.25) is 0 Å². The summed E-state index contributed by atoms with van der Waals surface area (Å²) >= 11 is 0. The zero-order valence-corrected chi connectivity index (χ0v) is 12.7. The number of hydrogen-bond donors (Lipinski definition) is 0. The maximum Gasteiger partial charge on any atom is 0.340 e. The molecule has 0 spiro atoms.